The van der Waals surface area contributed by atoms with Crippen LogP contribution in [0.1, 0.15) is 83.6 Å². The largest absolute Gasteiger partial charge is 0.469 e. The number of fused-ring (bicyclic) bond motifs is 1. The fourth-order valence-electron chi connectivity index (χ4n) is 12.4. The van der Waals surface area contributed by atoms with Crippen LogP contribution in [0.15, 0.2) is 28.9 Å². The molecule has 3 aliphatic carbocycles. The summed E-state index contributed by atoms with van der Waals surface area (Å²) in [7, 11) is 0. The van der Waals surface area contributed by atoms with Crippen molar-refractivity contribution < 1.29 is 42.9 Å². The Kier molecular flexibility index (Phi) is 6.71. The van der Waals surface area contributed by atoms with Gasteiger partial charge in [0.1, 0.15) is 30.2 Å². The molecular formula is C37H48N2O9. The molecule has 2 spiro atoms. The zero-order valence-electron chi connectivity index (χ0n) is 28.3. The van der Waals surface area contributed by atoms with Crippen molar-refractivity contribution in [2.45, 2.75) is 114 Å². The molecule has 8 aliphatic rings. The second-order valence-electron chi connectivity index (χ2n) is 16.9. The van der Waals surface area contributed by atoms with E-state index < -0.39 is 63.8 Å². The van der Waals surface area contributed by atoms with Gasteiger partial charge >= 0.3 is 11.9 Å². The van der Waals surface area contributed by atoms with Gasteiger partial charge in [0.25, 0.3) is 0 Å². The number of cyclic esters (lactones) is 2. The van der Waals surface area contributed by atoms with Crippen LogP contribution < -0.4 is 10.6 Å². The lowest BCUT2D eigenvalue weighted by Crippen LogP contribution is -2.76. The maximum atomic E-state index is 14.5. The quantitative estimate of drug-likeness (QED) is 0.242. The first-order valence-electron chi connectivity index (χ1n) is 18.0. The number of carbonyl (C=O) groups is 3. The fraction of sp³-hybridized carbons (Fsp3) is 0.757. The molecule has 7 fully saturated rings. The van der Waals surface area contributed by atoms with Crippen LogP contribution in [0.2, 0.25) is 0 Å². The van der Waals surface area contributed by atoms with Crippen molar-refractivity contribution in [3.63, 3.8) is 0 Å². The van der Waals surface area contributed by atoms with E-state index in [1.807, 2.05) is 26.8 Å². The molecule has 6 heterocycles. The Morgan fingerprint density at radius 3 is 2.60 bits per heavy atom. The van der Waals surface area contributed by atoms with Gasteiger partial charge in [-0.15, -0.1) is 0 Å². The molecule has 0 aromatic carbocycles. The Hall–Kier alpha value is -2.57. The Bertz CT molecular complexity index is 1580. The molecule has 0 amide bonds. The molecule has 11 heteroatoms. The van der Waals surface area contributed by atoms with Crippen molar-refractivity contribution in [2.24, 2.45) is 39.9 Å². The van der Waals surface area contributed by atoms with E-state index in [2.05, 4.69) is 29.7 Å². The predicted molar refractivity (Wildman–Crippen MR) is 169 cm³/mol. The van der Waals surface area contributed by atoms with Crippen molar-refractivity contribution in [3.05, 3.63) is 35.8 Å². The lowest BCUT2D eigenvalue weighted by molar-refractivity contribution is -0.252. The number of ether oxygens (including phenoxy) is 4. The number of allylic oxidation sites excluding steroid dienone is 1. The summed E-state index contributed by atoms with van der Waals surface area (Å²) in [6, 6.07) is 2.41. The first-order chi connectivity index (χ1) is 22.9. The van der Waals surface area contributed by atoms with E-state index >= 15 is 0 Å². The van der Waals surface area contributed by atoms with Crippen LogP contribution in [0.5, 0.6) is 0 Å². The van der Waals surface area contributed by atoms with E-state index in [1.165, 1.54) is 0 Å². The number of furan rings is 1. The molecule has 0 radical (unpaired) electrons. The van der Waals surface area contributed by atoms with E-state index in [-0.39, 0.29) is 30.7 Å². The zero-order chi connectivity index (χ0) is 33.4. The number of hydrogen-bond acceptors (Lipinski definition) is 11. The number of aliphatic hydroxyl groups is 1. The van der Waals surface area contributed by atoms with Crippen LogP contribution in [-0.2, 0) is 39.8 Å². The third-order valence-electron chi connectivity index (χ3n) is 14.5. The van der Waals surface area contributed by atoms with Gasteiger partial charge in [-0.05, 0) is 69.8 Å². The third-order valence-corrected chi connectivity index (χ3v) is 14.5. The highest BCUT2D eigenvalue weighted by molar-refractivity contribution is 5.92. The summed E-state index contributed by atoms with van der Waals surface area (Å²) < 4.78 is 31.2. The van der Waals surface area contributed by atoms with Crippen molar-refractivity contribution in [1.29, 1.82) is 0 Å². The van der Waals surface area contributed by atoms with Gasteiger partial charge < -0.3 is 33.8 Å². The molecule has 1 aromatic rings. The van der Waals surface area contributed by atoms with Gasteiger partial charge in [0.2, 0.25) is 0 Å². The number of aryl methyl sites for hydroxylation is 1. The van der Waals surface area contributed by atoms with E-state index in [4.69, 9.17) is 23.4 Å². The van der Waals surface area contributed by atoms with Crippen LogP contribution in [-0.4, -0.2) is 78.2 Å². The summed E-state index contributed by atoms with van der Waals surface area (Å²) in [5, 5.41) is 19.1. The van der Waals surface area contributed by atoms with Crippen LogP contribution in [0.4, 0.5) is 0 Å². The number of rotatable bonds is 5. The number of epoxide rings is 1. The highest BCUT2D eigenvalue weighted by atomic mass is 16.7. The average molecular weight is 665 g/mol. The van der Waals surface area contributed by atoms with Gasteiger partial charge in [-0.1, -0.05) is 26.0 Å². The van der Waals surface area contributed by atoms with Crippen LogP contribution in [0, 0.1) is 39.9 Å². The fourth-order valence-corrected chi connectivity index (χ4v) is 12.4. The minimum absolute atomic E-state index is 0.0466. The second kappa shape index (κ2) is 10.2. The number of esters is 2. The average Bonchev–Trinajstić information content (AvgIpc) is 3.32. The van der Waals surface area contributed by atoms with Gasteiger partial charge in [0.05, 0.1) is 30.3 Å². The molecule has 13 atom stereocenters. The van der Waals surface area contributed by atoms with E-state index in [1.54, 1.807) is 6.26 Å². The Morgan fingerprint density at radius 2 is 1.85 bits per heavy atom. The minimum Gasteiger partial charge on any atom is -0.469 e. The monoisotopic (exact) mass is 664 g/mol. The number of carbonyl (C=O) groups excluding carboxylic acids is 3. The SMILES string of the molecule is CC1(C)OC2CC(=O)OCC23C1C(=O)C(O)C1(C)C3CCC2(C)C(c3ccoc3CCC3C=CC(C4CNCN4)CC3)OC(=O)C3OC321. The van der Waals surface area contributed by atoms with Crippen molar-refractivity contribution in [3.8, 4) is 0 Å². The topological polar surface area (TPSA) is 149 Å². The molecule has 1 aromatic heterocycles. The third kappa shape index (κ3) is 3.80. The van der Waals surface area contributed by atoms with Gasteiger partial charge in [0, 0.05) is 47.5 Å². The molecule has 13 unspecified atom stereocenters. The Morgan fingerprint density at radius 1 is 1.02 bits per heavy atom. The molecule has 260 valence electrons. The van der Waals surface area contributed by atoms with E-state index in [9.17, 15) is 19.5 Å². The van der Waals surface area contributed by atoms with E-state index in [0.717, 1.165) is 43.8 Å². The molecule has 3 N–H and O–H groups in total. The number of hydrogen-bond donors (Lipinski definition) is 3. The molecule has 11 nitrogen and oxygen atoms in total. The molecule has 0 bridgehead atoms. The Balaban J connectivity index is 1.04. The van der Waals surface area contributed by atoms with Gasteiger partial charge in [0.15, 0.2) is 11.9 Å². The number of ketones is 1. The summed E-state index contributed by atoms with van der Waals surface area (Å²) in [4.78, 5) is 40.8. The lowest BCUT2D eigenvalue weighted by atomic mass is 9.36. The second-order valence-corrected chi connectivity index (χ2v) is 16.9. The predicted octanol–water partition coefficient (Wildman–Crippen LogP) is 3.14. The van der Waals surface area contributed by atoms with Crippen molar-refractivity contribution in [1.82, 2.24) is 10.6 Å². The van der Waals surface area contributed by atoms with Crippen LogP contribution >= 0.6 is 0 Å². The molecule has 9 rings (SSSR count). The number of Topliss-reactive ketones (excluding diaryl/α,β-unsaturated/α-hetero) is 1. The molecule has 2 saturated carbocycles. The van der Waals surface area contributed by atoms with Gasteiger partial charge in [-0.2, -0.15) is 0 Å². The molecule has 5 saturated heterocycles. The van der Waals surface area contributed by atoms with E-state index in [0.29, 0.717) is 37.1 Å². The smallest absolute Gasteiger partial charge is 0.339 e. The Labute approximate surface area is 280 Å². The number of aliphatic hydroxyl groups excluding tert-OH is 1. The molecule has 5 aliphatic heterocycles. The first kappa shape index (κ1) is 31.4. The van der Waals surface area contributed by atoms with Crippen LogP contribution in [0.25, 0.3) is 0 Å². The van der Waals surface area contributed by atoms with Crippen molar-refractivity contribution in [2.75, 3.05) is 19.8 Å². The maximum absolute atomic E-state index is 14.5. The summed E-state index contributed by atoms with van der Waals surface area (Å²) in [6.45, 7) is 9.68. The van der Waals surface area contributed by atoms with Gasteiger partial charge in [-0.25, -0.2) is 4.79 Å². The highest BCUT2D eigenvalue weighted by Crippen LogP contribution is 2.80. The summed E-state index contributed by atoms with van der Waals surface area (Å²) in [5.41, 5.74) is -3.95. The standard InChI is InChI=1S/C37H48N2O9/c1-33(2)28-27(41)29(42)35(4)24(36(28)17-45-26(40)15-25(36)47-33)11-13-34(3)30(46-32(43)31-37(34,35)48-31)21-12-14-44-23(21)10-7-19-5-8-20(9-6-19)22-16-38-18-39-22/h5,8,12,14,19-20,22,24-25,28-31,38-39,42H,6-7,9-11,13,15-18H2,1-4H3. The first-order valence-corrected chi connectivity index (χ1v) is 18.0. The summed E-state index contributed by atoms with van der Waals surface area (Å²) >= 11 is 0. The summed E-state index contributed by atoms with van der Waals surface area (Å²) in [5.74, 6) is -0.305. The number of nitrogens with one attached hydrogen (secondary N) is 2. The molecular weight excluding hydrogens is 616 g/mol. The summed E-state index contributed by atoms with van der Waals surface area (Å²) in [6.07, 6.45) is 8.11. The molecule has 48 heavy (non-hydrogen) atoms. The van der Waals surface area contributed by atoms with Crippen molar-refractivity contribution >= 4 is 17.7 Å². The van der Waals surface area contributed by atoms with Gasteiger partial charge in [-0.3, -0.25) is 14.9 Å². The minimum atomic E-state index is -1.39. The lowest BCUT2D eigenvalue weighted by Gasteiger charge is -2.66. The zero-order valence-corrected chi connectivity index (χ0v) is 28.3. The normalized spacial score (nSPS) is 50.0. The maximum Gasteiger partial charge on any atom is 0.339 e. The highest BCUT2D eigenvalue weighted by Gasteiger charge is 2.90. The van der Waals surface area contributed by atoms with Crippen LogP contribution in [0.3, 0.4) is 0 Å².